The van der Waals surface area contributed by atoms with Crippen LogP contribution in [-0.4, -0.2) is 49.0 Å². The van der Waals surface area contributed by atoms with E-state index in [4.69, 9.17) is 11.1 Å². The van der Waals surface area contributed by atoms with E-state index in [2.05, 4.69) is 0 Å². The Morgan fingerprint density at radius 1 is 1.56 bits per heavy atom. The molecule has 0 aromatic heterocycles. The second kappa shape index (κ2) is 5.11. The van der Waals surface area contributed by atoms with Crippen molar-refractivity contribution in [3.05, 3.63) is 0 Å². The van der Waals surface area contributed by atoms with Crippen LogP contribution < -0.4 is 5.73 Å². The summed E-state index contributed by atoms with van der Waals surface area (Å²) in [5.74, 6) is -0.143. The monoisotopic (exact) mass is 248 g/mol. The van der Waals surface area contributed by atoms with E-state index >= 15 is 0 Å². The summed E-state index contributed by atoms with van der Waals surface area (Å²) >= 11 is 0. The fourth-order valence-electron chi connectivity index (χ4n) is 1.92. The fraction of sp³-hybridized carbons (Fsp3) is 0.889. The van der Waals surface area contributed by atoms with Crippen LogP contribution in [-0.2, 0) is 10.2 Å². The van der Waals surface area contributed by atoms with Crippen molar-refractivity contribution in [2.24, 2.45) is 5.73 Å². The van der Waals surface area contributed by atoms with Gasteiger partial charge >= 0.3 is 0 Å². The number of hydrogen-bond acceptors (Lipinski definition) is 3. The zero-order valence-corrected chi connectivity index (χ0v) is 10.6. The molecule has 0 saturated carbocycles. The van der Waals surface area contributed by atoms with Gasteiger partial charge in [0.25, 0.3) is 10.2 Å². The molecule has 0 bridgehead atoms. The molecule has 1 atom stereocenters. The van der Waals surface area contributed by atoms with Gasteiger partial charge in [-0.1, -0.05) is 6.42 Å². The SMILES string of the molecule is CC1CCCCN1S(=O)(=O)N(C)CC(=N)N. The minimum Gasteiger partial charge on any atom is -0.387 e. The summed E-state index contributed by atoms with van der Waals surface area (Å²) in [5.41, 5.74) is 5.21. The number of hydrogen-bond donors (Lipinski definition) is 2. The lowest BCUT2D eigenvalue weighted by Gasteiger charge is -2.34. The molecule has 1 fully saturated rings. The molecule has 0 aromatic rings. The quantitative estimate of drug-likeness (QED) is 0.541. The number of amidine groups is 1. The second-order valence-electron chi connectivity index (χ2n) is 4.24. The predicted molar refractivity (Wildman–Crippen MR) is 63.5 cm³/mol. The van der Waals surface area contributed by atoms with Gasteiger partial charge in [0.1, 0.15) is 5.84 Å². The van der Waals surface area contributed by atoms with Crippen LogP contribution in [0.4, 0.5) is 0 Å². The van der Waals surface area contributed by atoms with E-state index in [0.29, 0.717) is 6.54 Å². The van der Waals surface area contributed by atoms with Crippen LogP contribution in [0.5, 0.6) is 0 Å². The van der Waals surface area contributed by atoms with E-state index < -0.39 is 10.2 Å². The molecule has 1 aliphatic rings. The van der Waals surface area contributed by atoms with Crippen LogP contribution in [0.2, 0.25) is 0 Å². The highest BCUT2D eigenvalue weighted by Gasteiger charge is 2.32. The molecule has 3 N–H and O–H groups in total. The Balaban J connectivity index is 2.79. The Labute approximate surface area is 97.1 Å². The second-order valence-corrected chi connectivity index (χ2v) is 6.23. The highest BCUT2D eigenvalue weighted by Crippen LogP contribution is 2.21. The maximum atomic E-state index is 12.1. The first-order chi connectivity index (χ1) is 7.35. The normalized spacial score (nSPS) is 23.6. The molecular formula is C9H20N4O2S. The molecule has 0 aromatic carbocycles. The predicted octanol–water partition coefficient (Wildman–Crippen LogP) is -0.0266. The fourth-order valence-corrected chi connectivity index (χ4v) is 3.50. The van der Waals surface area contributed by atoms with Gasteiger partial charge in [-0.25, -0.2) is 0 Å². The maximum Gasteiger partial charge on any atom is 0.282 e. The Morgan fingerprint density at radius 2 is 2.19 bits per heavy atom. The van der Waals surface area contributed by atoms with Crippen molar-refractivity contribution in [3.8, 4) is 0 Å². The van der Waals surface area contributed by atoms with Gasteiger partial charge in [0.2, 0.25) is 0 Å². The van der Waals surface area contributed by atoms with Gasteiger partial charge in [-0.05, 0) is 19.8 Å². The van der Waals surface area contributed by atoms with Gasteiger partial charge in [-0.15, -0.1) is 0 Å². The van der Waals surface area contributed by atoms with Crippen LogP contribution in [0.3, 0.4) is 0 Å². The zero-order valence-electron chi connectivity index (χ0n) is 9.81. The van der Waals surface area contributed by atoms with E-state index in [1.54, 1.807) is 0 Å². The van der Waals surface area contributed by atoms with E-state index in [-0.39, 0.29) is 18.4 Å². The number of nitrogens with zero attached hydrogens (tertiary/aromatic N) is 2. The van der Waals surface area contributed by atoms with Crippen LogP contribution in [0.15, 0.2) is 0 Å². The Kier molecular flexibility index (Phi) is 4.28. The first-order valence-corrected chi connectivity index (χ1v) is 6.81. The summed E-state index contributed by atoms with van der Waals surface area (Å²) in [6, 6.07) is 0.0353. The number of piperidine rings is 1. The summed E-state index contributed by atoms with van der Waals surface area (Å²) in [7, 11) is -2.00. The van der Waals surface area contributed by atoms with Gasteiger partial charge in [0, 0.05) is 19.6 Å². The van der Waals surface area contributed by atoms with E-state index in [1.165, 1.54) is 11.4 Å². The van der Waals surface area contributed by atoms with Gasteiger partial charge < -0.3 is 5.73 Å². The average molecular weight is 248 g/mol. The molecule has 6 nitrogen and oxygen atoms in total. The lowest BCUT2D eigenvalue weighted by molar-refractivity contribution is 0.253. The Hall–Kier alpha value is -0.660. The summed E-state index contributed by atoms with van der Waals surface area (Å²) < 4.78 is 26.9. The number of likely N-dealkylation sites (N-methyl/N-ethyl adjacent to an activating group) is 1. The minimum absolute atomic E-state index is 0.0353. The highest BCUT2D eigenvalue weighted by molar-refractivity contribution is 7.86. The molecule has 1 rings (SSSR count). The van der Waals surface area contributed by atoms with Gasteiger partial charge in [-0.2, -0.15) is 17.0 Å². The number of rotatable bonds is 4. The molecule has 1 unspecified atom stereocenters. The van der Waals surface area contributed by atoms with Crippen LogP contribution >= 0.6 is 0 Å². The molecule has 0 amide bonds. The molecule has 0 radical (unpaired) electrons. The zero-order chi connectivity index (χ0) is 12.3. The molecular weight excluding hydrogens is 228 g/mol. The smallest absolute Gasteiger partial charge is 0.282 e. The third-order valence-electron chi connectivity index (χ3n) is 2.83. The van der Waals surface area contributed by atoms with Crippen molar-refractivity contribution in [2.45, 2.75) is 32.2 Å². The van der Waals surface area contributed by atoms with Crippen LogP contribution in [0, 0.1) is 5.41 Å². The van der Waals surface area contributed by atoms with E-state index in [9.17, 15) is 8.42 Å². The van der Waals surface area contributed by atoms with Crippen molar-refractivity contribution in [3.63, 3.8) is 0 Å². The highest BCUT2D eigenvalue weighted by atomic mass is 32.2. The summed E-state index contributed by atoms with van der Waals surface area (Å²) in [6.45, 7) is 2.43. The number of nitrogens with one attached hydrogen (secondary N) is 1. The molecule has 1 saturated heterocycles. The largest absolute Gasteiger partial charge is 0.387 e. The molecule has 0 aliphatic carbocycles. The minimum atomic E-state index is -3.46. The third kappa shape index (κ3) is 2.93. The summed E-state index contributed by atoms with van der Waals surface area (Å²) in [5, 5.41) is 7.12. The van der Waals surface area contributed by atoms with Crippen molar-refractivity contribution >= 4 is 16.0 Å². The first kappa shape index (κ1) is 13.4. The topological polar surface area (TPSA) is 90.5 Å². The standard InChI is InChI=1S/C9H20N4O2S/c1-8-5-3-4-6-13(8)16(14,15)12(2)7-9(10)11/h8H,3-7H2,1-2H3,(H3,10,11). The Morgan fingerprint density at radius 3 is 2.69 bits per heavy atom. The van der Waals surface area contributed by atoms with E-state index in [1.807, 2.05) is 6.92 Å². The van der Waals surface area contributed by atoms with Crippen molar-refractivity contribution in [2.75, 3.05) is 20.1 Å². The van der Waals surface area contributed by atoms with Crippen molar-refractivity contribution < 1.29 is 8.42 Å². The number of nitrogens with two attached hydrogens (primary N) is 1. The lowest BCUT2D eigenvalue weighted by Crippen LogP contribution is -2.50. The molecule has 1 aliphatic heterocycles. The van der Waals surface area contributed by atoms with Crippen molar-refractivity contribution in [1.82, 2.24) is 8.61 Å². The molecule has 7 heteroatoms. The summed E-state index contributed by atoms with van der Waals surface area (Å²) in [4.78, 5) is 0. The molecule has 94 valence electrons. The molecule has 16 heavy (non-hydrogen) atoms. The maximum absolute atomic E-state index is 12.1. The molecule has 0 spiro atoms. The van der Waals surface area contributed by atoms with E-state index in [0.717, 1.165) is 23.6 Å². The van der Waals surface area contributed by atoms with Crippen molar-refractivity contribution in [1.29, 1.82) is 5.41 Å². The lowest BCUT2D eigenvalue weighted by atomic mass is 10.1. The average Bonchev–Trinajstić information content (AvgIpc) is 2.16. The van der Waals surface area contributed by atoms with Crippen LogP contribution in [0.1, 0.15) is 26.2 Å². The van der Waals surface area contributed by atoms with Crippen LogP contribution in [0.25, 0.3) is 0 Å². The van der Waals surface area contributed by atoms with Gasteiger partial charge in [0.05, 0.1) is 6.54 Å². The summed E-state index contributed by atoms with van der Waals surface area (Å²) in [6.07, 6.45) is 2.87. The molecule has 1 heterocycles. The third-order valence-corrected chi connectivity index (χ3v) is 4.88. The Bertz CT molecular complexity index is 355. The van der Waals surface area contributed by atoms with Gasteiger partial charge in [-0.3, -0.25) is 5.41 Å². The van der Waals surface area contributed by atoms with Gasteiger partial charge in [0.15, 0.2) is 0 Å². The first-order valence-electron chi connectivity index (χ1n) is 5.41.